The van der Waals surface area contributed by atoms with Gasteiger partial charge in [0.1, 0.15) is 0 Å². The Balaban J connectivity index is 2.09. The molecular formula is C11H23NS. The first kappa shape index (κ1) is 11.4. The normalized spacial score (nSPS) is 21.7. The van der Waals surface area contributed by atoms with Gasteiger partial charge < -0.3 is 5.32 Å². The lowest BCUT2D eigenvalue weighted by atomic mass is 9.81. The summed E-state index contributed by atoms with van der Waals surface area (Å²) < 4.78 is 0. The van der Waals surface area contributed by atoms with E-state index in [4.69, 9.17) is 0 Å². The van der Waals surface area contributed by atoms with Gasteiger partial charge in [0.25, 0.3) is 0 Å². The van der Waals surface area contributed by atoms with Crippen LogP contribution in [0, 0.1) is 11.8 Å². The van der Waals surface area contributed by atoms with Crippen molar-refractivity contribution in [2.24, 2.45) is 11.8 Å². The summed E-state index contributed by atoms with van der Waals surface area (Å²) in [6, 6.07) is 0. The molecule has 1 aliphatic carbocycles. The van der Waals surface area contributed by atoms with Gasteiger partial charge in [0.05, 0.1) is 0 Å². The summed E-state index contributed by atoms with van der Waals surface area (Å²) in [5.74, 6) is 2.80. The van der Waals surface area contributed by atoms with Crippen LogP contribution in [0.15, 0.2) is 0 Å². The predicted molar refractivity (Wildman–Crippen MR) is 62.5 cm³/mol. The summed E-state index contributed by atoms with van der Waals surface area (Å²) in [5, 5.41) is 3.46. The number of thiol groups is 1. The molecule has 0 aromatic rings. The first-order valence-corrected chi connectivity index (χ1v) is 6.29. The fourth-order valence-corrected chi connectivity index (χ4v) is 2.44. The van der Waals surface area contributed by atoms with E-state index in [-0.39, 0.29) is 0 Å². The molecule has 0 unspecified atom stereocenters. The third-order valence-electron chi connectivity index (χ3n) is 3.21. The van der Waals surface area contributed by atoms with Crippen LogP contribution in [0.2, 0.25) is 0 Å². The number of rotatable bonds is 5. The highest BCUT2D eigenvalue weighted by molar-refractivity contribution is 7.80. The lowest BCUT2D eigenvalue weighted by Gasteiger charge is -2.27. The zero-order valence-electron chi connectivity index (χ0n) is 8.76. The van der Waals surface area contributed by atoms with Gasteiger partial charge in [-0.2, -0.15) is 12.6 Å². The molecule has 1 saturated carbocycles. The van der Waals surface area contributed by atoms with Crippen molar-refractivity contribution < 1.29 is 0 Å². The minimum absolute atomic E-state index is 0.861. The molecule has 1 nitrogen and oxygen atoms in total. The molecule has 0 bridgehead atoms. The van der Waals surface area contributed by atoms with Crippen molar-refractivity contribution in [3.8, 4) is 0 Å². The Kier molecular flexibility index (Phi) is 5.88. The highest BCUT2D eigenvalue weighted by Gasteiger charge is 2.19. The molecule has 2 heteroatoms. The van der Waals surface area contributed by atoms with E-state index in [1.54, 1.807) is 0 Å². The monoisotopic (exact) mass is 201 g/mol. The molecule has 1 aliphatic rings. The smallest absolute Gasteiger partial charge is 0.00398 e. The Labute approximate surface area is 88.1 Å². The van der Waals surface area contributed by atoms with Gasteiger partial charge in [-0.25, -0.2) is 0 Å². The SMILES string of the molecule is C[C@@H](CNCCS)C1CCCCC1. The highest BCUT2D eigenvalue weighted by atomic mass is 32.1. The zero-order valence-corrected chi connectivity index (χ0v) is 9.65. The maximum Gasteiger partial charge on any atom is 0.00398 e. The van der Waals surface area contributed by atoms with Crippen LogP contribution >= 0.6 is 12.6 Å². The molecule has 0 amide bonds. The van der Waals surface area contributed by atoms with Crippen LogP contribution in [-0.4, -0.2) is 18.8 Å². The maximum atomic E-state index is 4.19. The first-order valence-electron chi connectivity index (χ1n) is 5.66. The molecule has 0 radical (unpaired) electrons. The molecule has 0 aliphatic heterocycles. The van der Waals surface area contributed by atoms with E-state index in [0.717, 1.165) is 24.1 Å². The van der Waals surface area contributed by atoms with Crippen molar-refractivity contribution in [3.63, 3.8) is 0 Å². The number of hydrogen-bond donors (Lipinski definition) is 2. The fourth-order valence-electron chi connectivity index (χ4n) is 2.28. The van der Waals surface area contributed by atoms with Crippen LogP contribution in [0.4, 0.5) is 0 Å². The van der Waals surface area contributed by atoms with Gasteiger partial charge in [-0.1, -0.05) is 39.0 Å². The van der Waals surface area contributed by atoms with Crippen molar-refractivity contribution in [2.45, 2.75) is 39.0 Å². The summed E-state index contributed by atoms with van der Waals surface area (Å²) in [6.45, 7) is 4.63. The lowest BCUT2D eigenvalue weighted by molar-refractivity contribution is 0.258. The molecule has 1 rings (SSSR count). The molecule has 0 aromatic carbocycles. The minimum atomic E-state index is 0.861. The van der Waals surface area contributed by atoms with E-state index in [9.17, 15) is 0 Å². The summed E-state index contributed by atoms with van der Waals surface area (Å²) in [5.41, 5.74) is 0. The summed E-state index contributed by atoms with van der Waals surface area (Å²) >= 11 is 4.19. The van der Waals surface area contributed by atoms with Crippen molar-refractivity contribution in [1.82, 2.24) is 5.32 Å². The third kappa shape index (κ3) is 4.37. The first-order chi connectivity index (χ1) is 6.34. The van der Waals surface area contributed by atoms with Crippen LogP contribution in [0.3, 0.4) is 0 Å². The Hall–Kier alpha value is 0.310. The van der Waals surface area contributed by atoms with E-state index in [1.165, 1.54) is 38.6 Å². The van der Waals surface area contributed by atoms with Crippen molar-refractivity contribution in [3.05, 3.63) is 0 Å². The van der Waals surface area contributed by atoms with Gasteiger partial charge in [0.2, 0.25) is 0 Å². The Morgan fingerprint density at radius 2 is 2.00 bits per heavy atom. The molecule has 1 atom stereocenters. The molecule has 0 aromatic heterocycles. The van der Waals surface area contributed by atoms with E-state index in [0.29, 0.717) is 0 Å². The molecule has 0 saturated heterocycles. The molecule has 13 heavy (non-hydrogen) atoms. The standard InChI is InChI=1S/C11H23NS/c1-10(9-12-7-8-13)11-5-3-2-4-6-11/h10-13H,2-9H2,1H3/t10-/m0/s1. The van der Waals surface area contributed by atoms with E-state index < -0.39 is 0 Å². The van der Waals surface area contributed by atoms with E-state index in [2.05, 4.69) is 24.9 Å². The second kappa shape index (κ2) is 6.72. The van der Waals surface area contributed by atoms with Gasteiger partial charge in [0.15, 0.2) is 0 Å². The molecular weight excluding hydrogens is 178 g/mol. The van der Waals surface area contributed by atoms with Gasteiger partial charge in [0, 0.05) is 12.3 Å². The Bertz CT molecular complexity index is 121. The largest absolute Gasteiger partial charge is 0.316 e. The molecule has 0 spiro atoms. The lowest BCUT2D eigenvalue weighted by Crippen LogP contribution is -2.28. The second-order valence-corrected chi connectivity index (χ2v) is 4.75. The van der Waals surface area contributed by atoms with Gasteiger partial charge >= 0.3 is 0 Å². The van der Waals surface area contributed by atoms with Gasteiger partial charge in [-0.3, -0.25) is 0 Å². The fraction of sp³-hybridized carbons (Fsp3) is 1.00. The minimum Gasteiger partial charge on any atom is -0.316 e. The van der Waals surface area contributed by atoms with Crippen LogP contribution in [-0.2, 0) is 0 Å². The molecule has 1 fully saturated rings. The van der Waals surface area contributed by atoms with Gasteiger partial charge in [-0.15, -0.1) is 0 Å². The van der Waals surface area contributed by atoms with Crippen LogP contribution in [0.5, 0.6) is 0 Å². The average Bonchev–Trinajstić information content (AvgIpc) is 2.19. The van der Waals surface area contributed by atoms with Crippen molar-refractivity contribution in [2.75, 3.05) is 18.8 Å². The predicted octanol–water partition coefficient (Wildman–Crippen LogP) is 2.72. The second-order valence-electron chi connectivity index (χ2n) is 4.30. The summed E-state index contributed by atoms with van der Waals surface area (Å²) in [7, 11) is 0. The third-order valence-corrected chi connectivity index (χ3v) is 3.43. The quantitative estimate of drug-likeness (QED) is 0.515. The molecule has 78 valence electrons. The number of hydrogen-bond acceptors (Lipinski definition) is 2. The summed E-state index contributed by atoms with van der Waals surface area (Å²) in [4.78, 5) is 0. The zero-order chi connectivity index (χ0) is 9.52. The van der Waals surface area contributed by atoms with Crippen molar-refractivity contribution >= 4 is 12.6 Å². The summed E-state index contributed by atoms with van der Waals surface area (Å²) in [6.07, 6.45) is 7.31. The highest BCUT2D eigenvalue weighted by Crippen LogP contribution is 2.29. The Morgan fingerprint density at radius 3 is 2.62 bits per heavy atom. The maximum absolute atomic E-state index is 4.19. The molecule has 1 N–H and O–H groups in total. The van der Waals surface area contributed by atoms with E-state index in [1.807, 2.05) is 0 Å². The number of nitrogens with one attached hydrogen (secondary N) is 1. The average molecular weight is 201 g/mol. The molecule has 0 heterocycles. The van der Waals surface area contributed by atoms with Crippen LogP contribution in [0.25, 0.3) is 0 Å². The topological polar surface area (TPSA) is 12.0 Å². The van der Waals surface area contributed by atoms with Crippen LogP contribution in [0.1, 0.15) is 39.0 Å². The van der Waals surface area contributed by atoms with E-state index >= 15 is 0 Å². The van der Waals surface area contributed by atoms with Gasteiger partial charge in [-0.05, 0) is 18.4 Å². The van der Waals surface area contributed by atoms with Crippen molar-refractivity contribution in [1.29, 1.82) is 0 Å². The Morgan fingerprint density at radius 1 is 1.31 bits per heavy atom. The van der Waals surface area contributed by atoms with Crippen LogP contribution < -0.4 is 5.32 Å².